The predicted octanol–water partition coefficient (Wildman–Crippen LogP) is 1.91. The highest BCUT2D eigenvalue weighted by molar-refractivity contribution is 5.91. The summed E-state index contributed by atoms with van der Waals surface area (Å²) in [5, 5.41) is 0. The smallest absolute Gasteiger partial charge is 0.334 e. The fraction of sp³-hybridized carbons (Fsp3) is 0.667. The Morgan fingerprint density at radius 3 is 2.64 bits per heavy atom. The summed E-state index contributed by atoms with van der Waals surface area (Å²) in [7, 11) is 0. The van der Waals surface area contributed by atoms with E-state index in [0.717, 1.165) is 12.0 Å². The Labute approximate surface area is 67.2 Å². The van der Waals surface area contributed by atoms with Crippen LogP contribution in [-0.2, 0) is 9.53 Å². The summed E-state index contributed by atoms with van der Waals surface area (Å²) in [4.78, 5) is 11.2. The van der Waals surface area contributed by atoms with E-state index in [1.807, 2.05) is 13.0 Å². The minimum absolute atomic E-state index is 0.0479. The molecule has 0 bridgehead atoms. The van der Waals surface area contributed by atoms with Crippen molar-refractivity contribution in [1.29, 1.82) is 0 Å². The molecule has 11 heavy (non-hydrogen) atoms. The Kier molecular flexibility index (Phi) is 2.03. The molecule has 0 fully saturated rings. The molecule has 0 atom stereocenters. The van der Waals surface area contributed by atoms with E-state index in [4.69, 9.17) is 4.74 Å². The van der Waals surface area contributed by atoms with Gasteiger partial charge in [0.2, 0.25) is 0 Å². The molecule has 0 heterocycles. The molecular formula is C9H14O2. The molecule has 0 saturated heterocycles. The molecule has 0 aromatic rings. The minimum Gasteiger partial charge on any atom is -0.463 e. The van der Waals surface area contributed by atoms with Crippen LogP contribution >= 0.6 is 0 Å². The van der Waals surface area contributed by atoms with Gasteiger partial charge in [-0.25, -0.2) is 4.79 Å². The molecule has 0 unspecified atom stereocenters. The van der Waals surface area contributed by atoms with Gasteiger partial charge in [-0.05, 0) is 18.8 Å². The second kappa shape index (κ2) is 2.68. The zero-order valence-corrected chi connectivity index (χ0v) is 7.31. The van der Waals surface area contributed by atoms with E-state index in [2.05, 4.69) is 13.8 Å². The second-order valence-electron chi connectivity index (χ2n) is 3.43. The number of ether oxygens (including phenoxy) is 1. The van der Waals surface area contributed by atoms with Crippen LogP contribution in [0.1, 0.15) is 27.2 Å². The van der Waals surface area contributed by atoms with Crippen molar-refractivity contribution in [3.8, 4) is 0 Å². The molecule has 0 N–H and O–H groups in total. The normalized spacial score (nSPS) is 20.1. The molecule has 0 aromatic carbocycles. The molecule has 2 nitrogen and oxygen atoms in total. The van der Waals surface area contributed by atoms with Crippen molar-refractivity contribution in [2.45, 2.75) is 27.2 Å². The Morgan fingerprint density at radius 1 is 1.73 bits per heavy atom. The van der Waals surface area contributed by atoms with E-state index in [0.29, 0.717) is 6.61 Å². The zero-order chi connectivity index (χ0) is 8.48. The van der Waals surface area contributed by atoms with E-state index in [1.54, 1.807) is 0 Å². The molecule has 0 saturated carbocycles. The lowest BCUT2D eigenvalue weighted by atomic mass is 9.72. The van der Waals surface area contributed by atoms with E-state index in [-0.39, 0.29) is 11.4 Å². The van der Waals surface area contributed by atoms with Crippen LogP contribution in [0.25, 0.3) is 0 Å². The van der Waals surface area contributed by atoms with Crippen LogP contribution in [0.2, 0.25) is 0 Å². The molecule has 0 amide bonds. The maximum absolute atomic E-state index is 11.2. The van der Waals surface area contributed by atoms with E-state index in [1.165, 1.54) is 0 Å². The second-order valence-corrected chi connectivity index (χ2v) is 3.43. The third kappa shape index (κ3) is 1.44. The highest BCUT2D eigenvalue weighted by atomic mass is 16.5. The predicted molar refractivity (Wildman–Crippen MR) is 43.1 cm³/mol. The number of hydrogen-bond acceptors (Lipinski definition) is 2. The van der Waals surface area contributed by atoms with Crippen molar-refractivity contribution in [3.05, 3.63) is 11.6 Å². The topological polar surface area (TPSA) is 26.3 Å². The first-order chi connectivity index (χ1) is 5.08. The number of allylic oxidation sites excluding steroid dienone is 1. The summed E-state index contributed by atoms with van der Waals surface area (Å²) < 4.78 is 4.87. The van der Waals surface area contributed by atoms with Gasteiger partial charge >= 0.3 is 5.97 Å². The highest BCUT2D eigenvalue weighted by Crippen LogP contribution is 2.40. The van der Waals surface area contributed by atoms with Gasteiger partial charge in [0, 0.05) is 5.57 Å². The number of esters is 1. The van der Waals surface area contributed by atoms with Gasteiger partial charge in [0.1, 0.15) is 0 Å². The Morgan fingerprint density at radius 2 is 2.36 bits per heavy atom. The van der Waals surface area contributed by atoms with Crippen molar-refractivity contribution in [3.63, 3.8) is 0 Å². The fourth-order valence-corrected chi connectivity index (χ4v) is 1.18. The van der Waals surface area contributed by atoms with Crippen molar-refractivity contribution in [2.75, 3.05) is 6.61 Å². The number of carbonyl (C=O) groups is 1. The van der Waals surface area contributed by atoms with Crippen molar-refractivity contribution >= 4 is 5.97 Å². The number of hydrogen-bond donors (Lipinski definition) is 0. The van der Waals surface area contributed by atoms with Crippen LogP contribution in [0.15, 0.2) is 11.6 Å². The minimum atomic E-state index is -0.149. The summed E-state index contributed by atoms with van der Waals surface area (Å²) in [6.45, 7) is 6.40. The van der Waals surface area contributed by atoms with E-state index < -0.39 is 0 Å². The fourth-order valence-electron chi connectivity index (χ4n) is 1.18. The summed E-state index contributed by atoms with van der Waals surface area (Å²) >= 11 is 0. The van der Waals surface area contributed by atoms with Gasteiger partial charge in [0.25, 0.3) is 0 Å². The first kappa shape index (κ1) is 8.31. The first-order valence-electron chi connectivity index (χ1n) is 3.95. The summed E-state index contributed by atoms with van der Waals surface area (Å²) in [6.07, 6.45) is 2.93. The van der Waals surface area contributed by atoms with Gasteiger partial charge in [0.15, 0.2) is 0 Å². The van der Waals surface area contributed by atoms with Crippen molar-refractivity contribution < 1.29 is 9.53 Å². The lowest BCUT2D eigenvalue weighted by molar-refractivity contribution is -0.140. The molecule has 0 aromatic heterocycles. The van der Waals surface area contributed by atoms with Crippen LogP contribution < -0.4 is 0 Å². The molecule has 1 aliphatic carbocycles. The van der Waals surface area contributed by atoms with Crippen molar-refractivity contribution in [1.82, 2.24) is 0 Å². The third-order valence-corrected chi connectivity index (χ3v) is 2.04. The van der Waals surface area contributed by atoms with Gasteiger partial charge in [0.05, 0.1) is 6.61 Å². The molecule has 1 aliphatic rings. The quantitative estimate of drug-likeness (QED) is 0.568. The molecule has 0 spiro atoms. The zero-order valence-electron chi connectivity index (χ0n) is 7.31. The van der Waals surface area contributed by atoms with Crippen LogP contribution in [-0.4, -0.2) is 12.6 Å². The van der Waals surface area contributed by atoms with Gasteiger partial charge < -0.3 is 4.74 Å². The van der Waals surface area contributed by atoms with Crippen LogP contribution in [0.4, 0.5) is 0 Å². The van der Waals surface area contributed by atoms with Gasteiger partial charge in [-0.2, -0.15) is 0 Å². The summed E-state index contributed by atoms with van der Waals surface area (Å²) in [5.41, 5.74) is 0.881. The average molecular weight is 154 g/mol. The summed E-state index contributed by atoms with van der Waals surface area (Å²) in [5.74, 6) is -0.149. The van der Waals surface area contributed by atoms with Gasteiger partial charge in [-0.15, -0.1) is 0 Å². The molecule has 62 valence electrons. The average Bonchev–Trinajstić information content (AvgIpc) is 1.86. The molecule has 0 radical (unpaired) electrons. The lowest BCUT2D eigenvalue weighted by Crippen LogP contribution is -2.29. The van der Waals surface area contributed by atoms with E-state index >= 15 is 0 Å². The highest BCUT2D eigenvalue weighted by Gasteiger charge is 2.35. The third-order valence-electron chi connectivity index (χ3n) is 2.04. The standard InChI is InChI=1S/C9H14O2/c1-4-11-8(10)7-5-6-9(7,2)3/h5H,4,6H2,1-3H3. The van der Waals surface area contributed by atoms with Crippen molar-refractivity contribution in [2.24, 2.45) is 5.41 Å². The van der Waals surface area contributed by atoms with E-state index in [9.17, 15) is 4.79 Å². The lowest BCUT2D eigenvalue weighted by Gasteiger charge is -2.33. The van der Waals surface area contributed by atoms with Crippen LogP contribution in [0.5, 0.6) is 0 Å². The largest absolute Gasteiger partial charge is 0.463 e. The van der Waals surface area contributed by atoms with Gasteiger partial charge in [-0.1, -0.05) is 19.9 Å². The molecular weight excluding hydrogens is 140 g/mol. The molecule has 2 heteroatoms. The maximum Gasteiger partial charge on any atom is 0.334 e. The monoisotopic (exact) mass is 154 g/mol. The van der Waals surface area contributed by atoms with Gasteiger partial charge in [-0.3, -0.25) is 0 Å². The van der Waals surface area contributed by atoms with Crippen LogP contribution in [0.3, 0.4) is 0 Å². The Bertz CT molecular complexity index is 202. The Balaban J connectivity index is 2.57. The maximum atomic E-state index is 11.2. The molecule has 0 aliphatic heterocycles. The number of carbonyl (C=O) groups excluding carboxylic acids is 1. The van der Waals surface area contributed by atoms with Crippen LogP contribution in [0, 0.1) is 5.41 Å². The number of rotatable bonds is 2. The molecule has 1 rings (SSSR count). The SMILES string of the molecule is CCOC(=O)C1=CCC1(C)C. The first-order valence-corrected chi connectivity index (χ1v) is 3.95. The summed E-state index contributed by atoms with van der Waals surface area (Å²) in [6, 6.07) is 0. The Hall–Kier alpha value is -0.790.